The molecule has 25 heavy (non-hydrogen) atoms. The average Bonchev–Trinajstić information content (AvgIpc) is 2.89. The molecule has 0 atom stereocenters. The first-order valence-electron chi connectivity index (χ1n) is 9.23. The summed E-state index contributed by atoms with van der Waals surface area (Å²) in [6, 6.07) is 0. The van der Waals surface area contributed by atoms with E-state index in [2.05, 4.69) is 86.7 Å². The van der Waals surface area contributed by atoms with Crippen molar-refractivity contribution in [3.8, 4) is 0 Å². The molecule has 136 valence electrons. The number of nitrogens with one attached hydrogen (secondary N) is 1. The molecule has 2 nitrogen and oxygen atoms in total. The van der Waals surface area contributed by atoms with E-state index in [1.807, 2.05) is 14.0 Å². The van der Waals surface area contributed by atoms with E-state index in [0.717, 1.165) is 30.5 Å². The quantitative estimate of drug-likeness (QED) is 0.568. The summed E-state index contributed by atoms with van der Waals surface area (Å²) in [4.78, 5) is 0. The normalized spacial score (nSPS) is 13.8. The Hall–Kier alpha value is -2.22. The van der Waals surface area contributed by atoms with Gasteiger partial charge in [0.15, 0.2) is 0 Å². The second-order valence-electron chi connectivity index (χ2n) is 6.17. The van der Waals surface area contributed by atoms with Gasteiger partial charge in [-0.25, -0.2) is 0 Å². The Morgan fingerprint density at radius 2 is 2.00 bits per heavy atom. The summed E-state index contributed by atoms with van der Waals surface area (Å²) in [5.41, 5.74) is 7.17. The van der Waals surface area contributed by atoms with Gasteiger partial charge in [-0.1, -0.05) is 43.9 Å². The molecule has 0 aromatic carbocycles. The second kappa shape index (κ2) is 10.6. The minimum Gasteiger partial charge on any atom is -0.386 e. The van der Waals surface area contributed by atoms with Crippen LogP contribution in [-0.4, -0.2) is 11.6 Å². The maximum Gasteiger partial charge on any atom is 0.0693 e. The van der Waals surface area contributed by atoms with Gasteiger partial charge >= 0.3 is 0 Å². The minimum atomic E-state index is 1.09. The van der Waals surface area contributed by atoms with E-state index in [1.165, 1.54) is 22.6 Å². The number of hydrogen-bond acceptors (Lipinski definition) is 1. The highest BCUT2D eigenvalue weighted by molar-refractivity contribution is 5.85. The van der Waals surface area contributed by atoms with Crippen molar-refractivity contribution < 1.29 is 0 Å². The molecule has 0 saturated heterocycles. The summed E-state index contributed by atoms with van der Waals surface area (Å²) >= 11 is 0. The molecule has 1 N–H and O–H groups in total. The Bertz CT molecular complexity index is 694. The third-order valence-corrected chi connectivity index (χ3v) is 4.15. The van der Waals surface area contributed by atoms with E-state index in [9.17, 15) is 0 Å². The first-order chi connectivity index (χ1) is 12.0. The number of allylic oxidation sites excluding steroid dienone is 8. The molecule has 1 aromatic heterocycles. The molecule has 0 radical (unpaired) electrons. The number of nitrogens with zero attached hydrogens (tertiary/aromatic N) is 1. The van der Waals surface area contributed by atoms with Crippen LogP contribution in [0.5, 0.6) is 0 Å². The Kier molecular flexibility index (Phi) is 8.83. The fourth-order valence-electron chi connectivity index (χ4n) is 3.14. The zero-order valence-electron chi connectivity index (χ0n) is 16.8. The first kappa shape index (κ1) is 20.8. The van der Waals surface area contributed by atoms with Crippen LogP contribution in [0.4, 0.5) is 5.69 Å². The van der Waals surface area contributed by atoms with E-state index < -0.39 is 0 Å². The van der Waals surface area contributed by atoms with Gasteiger partial charge in [0, 0.05) is 24.0 Å². The zero-order valence-corrected chi connectivity index (χ0v) is 16.8. The fourth-order valence-corrected chi connectivity index (χ4v) is 3.14. The van der Waals surface area contributed by atoms with Gasteiger partial charge in [-0.15, -0.1) is 0 Å². The highest BCUT2D eigenvalue weighted by atomic mass is 15.0. The zero-order chi connectivity index (χ0) is 18.8. The fraction of sp³-hybridized carbons (Fsp3) is 0.391. The van der Waals surface area contributed by atoms with E-state index in [1.54, 1.807) is 0 Å². The van der Waals surface area contributed by atoms with Crippen LogP contribution < -0.4 is 5.32 Å². The average molecular weight is 339 g/mol. The van der Waals surface area contributed by atoms with Crippen molar-refractivity contribution in [2.75, 3.05) is 12.4 Å². The molecule has 1 heterocycles. The highest BCUT2D eigenvalue weighted by Crippen LogP contribution is 2.36. The molecular weight excluding hydrogens is 304 g/mol. The van der Waals surface area contributed by atoms with Gasteiger partial charge in [0.1, 0.15) is 0 Å². The van der Waals surface area contributed by atoms with Crippen LogP contribution >= 0.6 is 0 Å². The van der Waals surface area contributed by atoms with Crippen molar-refractivity contribution in [2.45, 2.75) is 53.9 Å². The highest BCUT2D eigenvalue weighted by Gasteiger charge is 2.20. The third kappa shape index (κ3) is 5.12. The van der Waals surface area contributed by atoms with Crippen molar-refractivity contribution in [1.82, 2.24) is 4.57 Å². The summed E-state index contributed by atoms with van der Waals surface area (Å²) in [5.74, 6) is 0. The third-order valence-electron chi connectivity index (χ3n) is 4.15. The number of anilines is 1. The van der Waals surface area contributed by atoms with Gasteiger partial charge < -0.3 is 9.88 Å². The predicted molar refractivity (Wildman–Crippen MR) is 116 cm³/mol. The Balaban J connectivity index is 0.000000550. The monoisotopic (exact) mass is 338 g/mol. The van der Waals surface area contributed by atoms with E-state index >= 15 is 0 Å². The van der Waals surface area contributed by atoms with Crippen LogP contribution in [-0.2, 0) is 0 Å². The summed E-state index contributed by atoms with van der Waals surface area (Å²) in [5, 5.41) is 3.35. The molecule has 0 unspecified atom stereocenters. The topological polar surface area (TPSA) is 17.0 Å². The van der Waals surface area contributed by atoms with Crippen molar-refractivity contribution >= 4 is 23.0 Å². The minimum absolute atomic E-state index is 1.09. The maximum absolute atomic E-state index is 4.14. The van der Waals surface area contributed by atoms with E-state index in [4.69, 9.17) is 0 Å². The number of hydrogen-bond donors (Lipinski definition) is 1. The lowest BCUT2D eigenvalue weighted by molar-refractivity contribution is 0.974. The Labute approximate surface area is 154 Å². The lowest BCUT2D eigenvalue weighted by Gasteiger charge is -2.14. The molecule has 1 aromatic rings. The maximum atomic E-state index is 4.14. The SMILES string of the molecule is C=C(C)c1c(NC)c(/C=C\C)n(C2=CCCC=C2)c1C.CC=CCC. The van der Waals surface area contributed by atoms with Gasteiger partial charge in [-0.3, -0.25) is 0 Å². The van der Waals surface area contributed by atoms with Gasteiger partial charge in [-0.05, 0) is 64.7 Å². The summed E-state index contributed by atoms with van der Waals surface area (Å²) in [7, 11) is 1.98. The van der Waals surface area contributed by atoms with Crippen LogP contribution in [0.15, 0.2) is 43.0 Å². The lowest BCUT2D eigenvalue weighted by atomic mass is 10.1. The smallest absolute Gasteiger partial charge is 0.0693 e. The predicted octanol–water partition coefficient (Wildman–Crippen LogP) is 7.07. The van der Waals surface area contributed by atoms with Crippen molar-refractivity contribution in [2.24, 2.45) is 0 Å². The first-order valence-corrected chi connectivity index (χ1v) is 9.23. The van der Waals surface area contributed by atoms with Crippen molar-refractivity contribution in [3.05, 3.63) is 60.0 Å². The molecule has 0 spiro atoms. The van der Waals surface area contributed by atoms with Gasteiger partial charge in [0.05, 0.1) is 11.4 Å². The second-order valence-corrected chi connectivity index (χ2v) is 6.17. The lowest BCUT2D eigenvalue weighted by Crippen LogP contribution is -2.02. The van der Waals surface area contributed by atoms with Gasteiger partial charge in [0.25, 0.3) is 0 Å². The number of aromatic nitrogens is 1. The molecule has 0 amide bonds. The van der Waals surface area contributed by atoms with Crippen LogP contribution in [0.2, 0.25) is 0 Å². The molecule has 0 bridgehead atoms. The Morgan fingerprint density at radius 1 is 1.28 bits per heavy atom. The standard InChI is InChI=1S/C18H24N2.C5H10/c1-6-10-16-18(19-5)17(13(2)3)14(4)20(16)15-11-8-7-9-12-15;1-3-5-4-2/h6,8,10-12,19H,2,7,9H2,1,3-5H3;3,5H,4H2,1-2H3/b10-6-;. The molecule has 1 aliphatic rings. The Morgan fingerprint density at radius 3 is 2.40 bits per heavy atom. The molecular formula is C23H34N2. The van der Waals surface area contributed by atoms with E-state index in [0.29, 0.717) is 0 Å². The molecule has 0 aliphatic heterocycles. The van der Waals surface area contributed by atoms with Gasteiger partial charge in [-0.2, -0.15) is 0 Å². The van der Waals surface area contributed by atoms with E-state index in [-0.39, 0.29) is 0 Å². The summed E-state index contributed by atoms with van der Waals surface area (Å²) < 4.78 is 2.32. The van der Waals surface area contributed by atoms with Gasteiger partial charge in [0.2, 0.25) is 0 Å². The van der Waals surface area contributed by atoms with Crippen LogP contribution in [0.3, 0.4) is 0 Å². The van der Waals surface area contributed by atoms with Crippen LogP contribution in [0, 0.1) is 6.92 Å². The van der Waals surface area contributed by atoms with Crippen molar-refractivity contribution in [3.63, 3.8) is 0 Å². The summed E-state index contributed by atoms with van der Waals surface area (Å²) in [6.45, 7) is 14.6. The van der Waals surface area contributed by atoms with Crippen LogP contribution in [0.1, 0.15) is 63.9 Å². The number of rotatable bonds is 5. The van der Waals surface area contributed by atoms with Crippen LogP contribution in [0.25, 0.3) is 17.3 Å². The molecule has 0 saturated carbocycles. The summed E-state index contributed by atoms with van der Waals surface area (Å²) in [6.07, 6.45) is 18.6. The molecule has 2 heteroatoms. The molecule has 2 rings (SSSR count). The molecule has 1 aliphatic carbocycles. The largest absolute Gasteiger partial charge is 0.386 e. The van der Waals surface area contributed by atoms with Crippen molar-refractivity contribution in [1.29, 1.82) is 0 Å². The molecule has 0 fully saturated rings.